The van der Waals surface area contributed by atoms with Crippen molar-refractivity contribution in [3.63, 3.8) is 0 Å². The summed E-state index contributed by atoms with van der Waals surface area (Å²) in [6, 6.07) is 1.99. The molecular weight excluding hydrogens is 508 g/mol. The highest BCUT2D eigenvalue weighted by Gasteiger charge is 2.27. The first kappa shape index (κ1) is 23.7. The summed E-state index contributed by atoms with van der Waals surface area (Å²) in [6.07, 6.45) is 4.16. The zero-order valence-corrected chi connectivity index (χ0v) is 21.4. The average Bonchev–Trinajstić information content (AvgIpc) is 3.32. The molecule has 0 saturated carbocycles. The third-order valence-corrected chi connectivity index (χ3v) is 7.03. The van der Waals surface area contributed by atoms with Crippen LogP contribution in [0.5, 0.6) is 5.88 Å². The molecule has 0 aliphatic carbocycles. The number of hydrogen-bond donors (Lipinski definition) is 2. The van der Waals surface area contributed by atoms with Gasteiger partial charge in [-0.1, -0.05) is 0 Å². The van der Waals surface area contributed by atoms with Crippen LogP contribution in [0, 0.1) is 6.92 Å². The zero-order valence-electron chi connectivity index (χ0n) is 19.0. The molecule has 0 bridgehead atoms. The molecule has 1 fully saturated rings. The number of aryl methyl sites for hydroxylation is 1. The van der Waals surface area contributed by atoms with E-state index in [-0.39, 0.29) is 11.9 Å². The summed E-state index contributed by atoms with van der Waals surface area (Å²) in [5.74, 6) is 0.711. The average molecular weight is 537 g/mol. The molecule has 0 radical (unpaired) electrons. The maximum atomic E-state index is 13.1. The first-order valence-corrected chi connectivity index (χ1v) is 12.5. The second-order valence-corrected chi connectivity index (χ2v) is 10.4. The van der Waals surface area contributed by atoms with Crippen LogP contribution in [0.2, 0.25) is 0 Å². The molecule has 4 heterocycles. The normalized spacial score (nSPS) is 16.5. The molecule has 0 unspecified atom stereocenters. The maximum Gasteiger partial charge on any atom is 0.267 e. The summed E-state index contributed by atoms with van der Waals surface area (Å²) >= 11 is 4.91. The van der Waals surface area contributed by atoms with Crippen LogP contribution in [0.4, 0.5) is 11.5 Å². The molecule has 1 aliphatic heterocycles. The van der Waals surface area contributed by atoms with Crippen molar-refractivity contribution >= 4 is 50.2 Å². The van der Waals surface area contributed by atoms with Gasteiger partial charge in [0.2, 0.25) is 5.88 Å². The summed E-state index contributed by atoms with van der Waals surface area (Å²) in [5, 5.41) is 8.28. The number of nitrogen functional groups attached to an aromatic ring is 1. The van der Waals surface area contributed by atoms with Gasteiger partial charge in [0, 0.05) is 25.7 Å². The lowest BCUT2D eigenvalue weighted by atomic mass is 10.0. The second kappa shape index (κ2) is 10.2. The van der Waals surface area contributed by atoms with Crippen molar-refractivity contribution in [2.75, 3.05) is 51.0 Å². The Hall–Kier alpha value is -2.44. The fraction of sp³-hybridized carbons (Fsp3) is 0.524. The van der Waals surface area contributed by atoms with Crippen LogP contribution in [0.15, 0.2) is 17.0 Å². The molecule has 0 spiro atoms. The van der Waals surface area contributed by atoms with Gasteiger partial charge in [0.15, 0.2) is 10.7 Å². The number of amides is 1. The predicted molar refractivity (Wildman–Crippen MR) is 133 cm³/mol. The van der Waals surface area contributed by atoms with Gasteiger partial charge < -0.3 is 25.6 Å². The van der Waals surface area contributed by atoms with Crippen LogP contribution in [-0.2, 0) is 0 Å². The van der Waals surface area contributed by atoms with Gasteiger partial charge in [0.25, 0.3) is 5.91 Å². The fourth-order valence-electron chi connectivity index (χ4n) is 4.02. The molecule has 4 rings (SSSR count). The Kier molecular flexibility index (Phi) is 7.35. The minimum absolute atomic E-state index is 0.00479. The minimum Gasteiger partial charge on any atom is -0.476 e. The van der Waals surface area contributed by atoms with Gasteiger partial charge in [-0.05, 0) is 62.3 Å². The number of aromatic nitrogens is 4. The van der Waals surface area contributed by atoms with Gasteiger partial charge in [0.05, 0.1) is 17.3 Å². The SMILES string of the molecule is Cc1nc(OCCCN(C)C)c(C(=O)N[C@@H]2CCCN(c3cc(Br)n4ncnc(N)c34)C2)s1. The Labute approximate surface area is 205 Å². The number of nitrogens with one attached hydrogen (secondary N) is 1. The lowest BCUT2D eigenvalue weighted by Gasteiger charge is -2.34. The number of fused-ring (bicyclic) bond motifs is 1. The topological polar surface area (TPSA) is 114 Å². The van der Waals surface area contributed by atoms with Crippen molar-refractivity contribution in [2.24, 2.45) is 0 Å². The van der Waals surface area contributed by atoms with Gasteiger partial charge in [0.1, 0.15) is 16.4 Å². The van der Waals surface area contributed by atoms with Gasteiger partial charge in [-0.15, -0.1) is 11.3 Å². The van der Waals surface area contributed by atoms with Crippen molar-refractivity contribution in [3.8, 4) is 5.88 Å². The van der Waals surface area contributed by atoms with Crippen molar-refractivity contribution < 1.29 is 9.53 Å². The summed E-state index contributed by atoms with van der Waals surface area (Å²) in [6.45, 7) is 4.87. The van der Waals surface area contributed by atoms with E-state index in [1.165, 1.54) is 17.7 Å². The standard InChI is InChI=1S/C21H29BrN8O2S/c1-13-26-21(32-9-5-7-28(2)3)18(33-13)20(31)27-14-6-4-8-29(11-14)15-10-16(22)30-17(15)19(23)24-12-25-30/h10,12,14H,4-9,11H2,1-3H3,(H,27,31)(H2,23,24,25)/t14-/m1/s1. The van der Waals surface area contributed by atoms with Crippen LogP contribution in [0.3, 0.4) is 0 Å². The second-order valence-electron chi connectivity index (χ2n) is 8.39. The lowest BCUT2D eigenvalue weighted by Crippen LogP contribution is -2.47. The van der Waals surface area contributed by atoms with Crippen LogP contribution in [0.25, 0.3) is 5.52 Å². The van der Waals surface area contributed by atoms with Gasteiger partial charge in [-0.2, -0.15) is 5.10 Å². The van der Waals surface area contributed by atoms with Crippen LogP contribution >= 0.6 is 27.3 Å². The highest BCUT2D eigenvalue weighted by Crippen LogP contribution is 2.33. The number of carbonyl (C=O) groups excluding carboxylic acids is 1. The minimum atomic E-state index is -0.138. The zero-order chi connectivity index (χ0) is 23.5. The number of carbonyl (C=O) groups is 1. The van der Waals surface area contributed by atoms with Crippen LogP contribution in [0.1, 0.15) is 33.9 Å². The molecule has 33 heavy (non-hydrogen) atoms. The van der Waals surface area contributed by atoms with Crippen molar-refractivity contribution in [3.05, 3.63) is 26.9 Å². The van der Waals surface area contributed by atoms with E-state index in [9.17, 15) is 4.79 Å². The van der Waals surface area contributed by atoms with Gasteiger partial charge in [-0.25, -0.2) is 14.5 Å². The Bertz CT molecular complexity index is 1130. The highest BCUT2D eigenvalue weighted by molar-refractivity contribution is 9.10. The Morgan fingerprint density at radius 1 is 1.45 bits per heavy atom. The molecular formula is C21H29BrN8O2S. The molecule has 3 aromatic rings. The van der Waals surface area contributed by atoms with E-state index in [1.807, 2.05) is 27.1 Å². The molecule has 1 atom stereocenters. The highest BCUT2D eigenvalue weighted by atomic mass is 79.9. The monoisotopic (exact) mass is 536 g/mol. The van der Waals surface area contributed by atoms with E-state index < -0.39 is 0 Å². The number of hydrogen-bond acceptors (Lipinski definition) is 9. The Morgan fingerprint density at radius 2 is 2.27 bits per heavy atom. The van der Waals surface area contributed by atoms with Crippen molar-refractivity contribution in [2.45, 2.75) is 32.2 Å². The smallest absolute Gasteiger partial charge is 0.267 e. The number of anilines is 2. The molecule has 3 aromatic heterocycles. The van der Waals surface area contributed by atoms with E-state index in [2.05, 4.69) is 46.1 Å². The number of halogens is 1. The van der Waals surface area contributed by atoms with Crippen LogP contribution < -0.4 is 20.7 Å². The van der Waals surface area contributed by atoms with Gasteiger partial charge >= 0.3 is 0 Å². The summed E-state index contributed by atoms with van der Waals surface area (Å²) in [7, 11) is 4.05. The number of thiazole rings is 1. The number of rotatable bonds is 8. The summed E-state index contributed by atoms with van der Waals surface area (Å²) in [4.78, 5) is 26.5. The van der Waals surface area contributed by atoms with E-state index in [1.54, 1.807) is 4.52 Å². The third-order valence-electron chi connectivity index (χ3n) is 5.51. The van der Waals surface area contributed by atoms with Crippen LogP contribution in [-0.4, -0.2) is 76.8 Å². The van der Waals surface area contributed by atoms with E-state index in [0.717, 1.165) is 53.2 Å². The maximum absolute atomic E-state index is 13.1. The number of piperidine rings is 1. The molecule has 10 nitrogen and oxygen atoms in total. The Balaban J connectivity index is 1.44. The summed E-state index contributed by atoms with van der Waals surface area (Å²) < 4.78 is 8.38. The molecule has 178 valence electrons. The van der Waals surface area contributed by atoms with E-state index in [0.29, 0.717) is 29.7 Å². The van der Waals surface area contributed by atoms with E-state index in [4.69, 9.17) is 10.5 Å². The number of ether oxygens (including phenoxy) is 1. The third kappa shape index (κ3) is 5.39. The quantitative estimate of drug-likeness (QED) is 0.422. The fourth-order valence-corrected chi connectivity index (χ4v) is 5.27. The molecule has 12 heteroatoms. The molecule has 1 aliphatic rings. The summed E-state index contributed by atoms with van der Waals surface area (Å²) in [5.41, 5.74) is 7.87. The van der Waals surface area contributed by atoms with Crippen molar-refractivity contribution in [1.29, 1.82) is 0 Å². The van der Waals surface area contributed by atoms with E-state index >= 15 is 0 Å². The first-order chi connectivity index (χ1) is 15.8. The Morgan fingerprint density at radius 3 is 3.06 bits per heavy atom. The largest absolute Gasteiger partial charge is 0.476 e. The molecule has 1 amide bonds. The number of nitrogens with two attached hydrogens (primary N) is 1. The molecule has 3 N–H and O–H groups in total. The predicted octanol–water partition coefficient (Wildman–Crippen LogP) is 2.57. The van der Waals surface area contributed by atoms with Crippen molar-refractivity contribution in [1.82, 2.24) is 29.8 Å². The first-order valence-electron chi connectivity index (χ1n) is 10.9. The lowest BCUT2D eigenvalue weighted by molar-refractivity contribution is 0.0933. The van der Waals surface area contributed by atoms with Gasteiger partial charge in [-0.3, -0.25) is 4.79 Å². The molecule has 0 aromatic carbocycles. The number of nitrogens with zero attached hydrogens (tertiary/aromatic N) is 6. The molecule has 1 saturated heterocycles.